The first-order valence-electron chi connectivity index (χ1n) is 6.63. The van der Waals surface area contributed by atoms with E-state index in [1.807, 2.05) is 42.5 Å². The topological polar surface area (TPSA) is 65.1 Å². The molecule has 0 bridgehead atoms. The van der Waals surface area contributed by atoms with Gasteiger partial charge in [0.25, 0.3) is 10.1 Å². The summed E-state index contributed by atoms with van der Waals surface area (Å²) >= 11 is 0. The van der Waals surface area contributed by atoms with E-state index in [9.17, 15) is 8.42 Å². The smallest absolute Gasteiger partial charge is 0.264 e. The first-order valence-corrected chi connectivity index (χ1v) is 8.45. The zero-order valence-electron chi connectivity index (χ0n) is 11.6. The Morgan fingerprint density at radius 3 is 2.67 bits per heavy atom. The SMILES string of the molecule is CS(=O)(=O)OCC(Oc1cccc2ccccc12)[C@@H]1CO1. The lowest BCUT2D eigenvalue weighted by Crippen LogP contribution is -2.30. The quantitative estimate of drug-likeness (QED) is 0.603. The van der Waals surface area contributed by atoms with E-state index in [2.05, 4.69) is 0 Å². The van der Waals surface area contributed by atoms with Gasteiger partial charge in [0.1, 0.15) is 18.5 Å². The molecule has 0 N–H and O–H groups in total. The highest BCUT2D eigenvalue weighted by Crippen LogP contribution is 2.28. The first-order chi connectivity index (χ1) is 10.0. The summed E-state index contributed by atoms with van der Waals surface area (Å²) in [4.78, 5) is 0. The summed E-state index contributed by atoms with van der Waals surface area (Å²) in [5.41, 5.74) is 0. The van der Waals surface area contributed by atoms with E-state index in [1.54, 1.807) is 0 Å². The van der Waals surface area contributed by atoms with Crippen LogP contribution in [0.15, 0.2) is 42.5 Å². The molecule has 1 heterocycles. The normalized spacial score (nSPS) is 19.4. The molecule has 1 aliphatic rings. The Balaban J connectivity index is 1.81. The molecule has 5 nitrogen and oxygen atoms in total. The van der Waals surface area contributed by atoms with Crippen LogP contribution in [0.25, 0.3) is 10.8 Å². The lowest BCUT2D eigenvalue weighted by molar-refractivity contribution is 0.106. The average Bonchev–Trinajstić information content (AvgIpc) is 3.27. The zero-order chi connectivity index (χ0) is 14.9. The van der Waals surface area contributed by atoms with Gasteiger partial charge in [0, 0.05) is 5.39 Å². The standard InChI is InChI=1S/C15H16O5S/c1-21(16,17)19-10-15(14-9-18-14)20-13-8-4-6-11-5-2-3-7-12(11)13/h2-8,14-15H,9-10H2,1H3/t14-,15?/m0/s1. The Morgan fingerprint density at radius 2 is 1.95 bits per heavy atom. The van der Waals surface area contributed by atoms with Gasteiger partial charge in [-0.25, -0.2) is 0 Å². The van der Waals surface area contributed by atoms with E-state index in [1.165, 1.54) is 0 Å². The van der Waals surface area contributed by atoms with Gasteiger partial charge in [-0.05, 0) is 11.5 Å². The van der Waals surface area contributed by atoms with Crippen LogP contribution in [0.2, 0.25) is 0 Å². The van der Waals surface area contributed by atoms with Crippen molar-refractivity contribution in [1.29, 1.82) is 0 Å². The molecule has 0 aliphatic carbocycles. The maximum absolute atomic E-state index is 11.1. The van der Waals surface area contributed by atoms with Crippen molar-refractivity contribution in [2.45, 2.75) is 12.2 Å². The highest BCUT2D eigenvalue weighted by molar-refractivity contribution is 7.85. The number of benzene rings is 2. The molecular formula is C15H16O5S. The summed E-state index contributed by atoms with van der Waals surface area (Å²) < 4.78 is 38.2. The lowest BCUT2D eigenvalue weighted by Gasteiger charge is -2.18. The zero-order valence-corrected chi connectivity index (χ0v) is 12.4. The molecule has 21 heavy (non-hydrogen) atoms. The van der Waals surface area contributed by atoms with Crippen molar-refractivity contribution < 1.29 is 22.1 Å². The van der Waals surface area contributed by atoms with Crippen LogP contribution in [-0.2, 0) is 19.0 Å². The number of fused-ring (bicyclic) bond motifs is 1. The summed E-state index contributed by atoms with van der Waals surface area (Å²) in [6.07, 6.45) is 0.465. The minimum atomic E-state index is -3.50. The second-order valence-corrected chi connectivity index (χ2v) is 6.64. The summed E-state index contributed by atoms with van der Waals surface area (Å²) in [7, 11) is -3.50. The molecule has 0 spiro atoms. The van der Waals surface area contributed by atoms with Crippen LogP contribution < -0.4 is 4.74 Å². The first kappa shape index (κ1) is 14.3. The molecule has 6 heteroatoms. The molecule has 112 valence electrons. The van der Waals surface area contributed by atoms with Crippen molar-refractivity contribution in [2.75, 3.05) is 19.5 Å². The highest BCUT2D eigenvalue weighted by Gasteiger charge is 2.36. The highest BCUT2D eigenvalue weighted by atomic mass is 32.2. The molecule has 1 saturated heterocycles. The maximum atomic E-state index is 11.1. The summed E-state index contributed by atoms with van der Waals surface area (Å²) in [6.45, 7) is 0.509. The van der Waals surface area contributed by atoms with Crippen LogP contribution >= 0.6 is 0 Å². The van der Waals surface area contributed by atoms with Gasteiger partial charge in [0.05, 0.1) is 12.9 Å². The van der Waals surface area contributed by atoms with Gasteiger partial charge in [-0.2, -0.15) is 8.42 Å². The number of rotatable bonds is 6. The van der Waals surface area contributed by atoms with Gasteiger partial charge in [0.15, 0.2) is 6.10 Å². The van der Waals surface area contributed by atoms with Crippen LogP contribution in [0, 0.1) is 0 Å². The van der Waals surface area contributed by atoms with Crippen molar-refractivity contribution in [3.63, 3.8) is 0 Å². The molecule has 1 fully saturated rings. The largest absolute Gasteiger partial charge is 0.484 e. The van der Waals surface area contributed by atoms with Gasteiger partial charge in [-0.15, -0.1) is 0 Å². The number of ether oxygens (including phenoxy) is 2. The molecule has 3 rings (SSSR count). The fourth-order valence-electron chi connectivity index (χ4n) is 2.14. The molecule has 1 aliphatic heterocycles. The number of epoxide rings is 1. The third kappa shape index (κ3) is 3.72. The molecular weight excluding hydrogens is 292 g/mol. The fraction of sp³-hybridized carbons (Fsp3) is 0.333. The molecule has 2 aromatic rings. The van der Waals surface area contributed by atoms with Gasteiger partial charge in [-0.1, -0.05) is 36.4 Å². The van der Waals surface area contributed by atoms with Gasteiger partial charge in [-0.3, -0.25) is 4.18 Å². The van der Waals surface area contributed by atoms with Gasteiger partial charge < -0.3 is 9.47 Å². The molecule has 0 radical (unpaired) electrons. The summed E-state index contributed by atoms with van der Waals surface area (Å²) in [5, 5.41) is 2.04. The van der Waals surface area contributed by atoms with Crippen molar-refractivity contribution >= 4 is 20.9 Å². The van der Waals surface area contributed by atoms with E-state index in [4.69, 9.17) is 13.7 Å². The van der Waals surface area contributed by atoms with E-state index < -0.39 is 16.2 Å². The van der Waals surface area contributed by atoms with Crippen LogP contribution in [0.3, 0.4) is 0 Å². The minimum absolute atomic E-state index is 0.0489. The van der Waals surface area contributed by atoms with Crippen molar-refractivity contribution in [3.05, 3.63) is 42.5 Å². The molecule has 0 saturated carbocycles. The van der Waals surface area contributed by atoms with Gasteiger partial charge >= 0.3 is 0 Å². The summed E-state index contributed by atoms with van der Waals surface area (Å²) in [6, 6.07) is 13.6. The number of hydrogen-bond donors (Lipinski definition) is 0. The molecule has 0 amide bonds. The lowest BCUT2D eigenvalue weighted by atomic mass is 10.1. The predicted molar refractivity (Wildman–Crippen MR) is 78.9 cm³/mol. The minimum Gasteiger partial charge on any atom is -0.484 e. The third-order valence-electron chi connectivity index (χ3n) is 3.25. The molecule has 2 aromatic carbocycles. The van der Waals surface area contributed by atoms with E-state index in [0.29, 0.717) is 12.4 Å². The Hall–Kier alpha value is -1.63. The van der Waals surface area contributed by atoms with Crippen molar-refractivity contribution in [3.8, 4) is 5.75 Å². The van der Waals surface area contributed by atoms with Gasteiger partial charge in [0.2, 0.25) is 0 Å². The van der Waals surface area contributed by atoms with E-state index >= 15 is 0 Å². The van der Waals surface area contributed by atoms with E-state index in [-0.39, 0.29) is 12.7 Å². The fourth-order valence-corrected chi connectivity index (χ4v) is 2.52. The molecule has 1 unspecified atom stereocenters. The van der Waals surface area contributed by atoms with Crippen LogP contribution in [-0.4, -0.2) is 40.1 Å². The second-order valence-electron chi connectivity index (χ2n) is 4.99. The Morgan fingerprint density at radius 1 is 1.24 bits per heavy atom. The Kier molecular flexibility index (Phi) is 3.84. The van der Waals surface area contributed by atoms with Crippen LogP contribution in [0.5, 0.6) is 5.75 Å². The Labute approximate surface area is 123 Å². The Bertz CT molecular complexity index is 731. The summed E-state index contributed by atoms with van der Waals surface area (Å²) in [5.74, 6) is 0.700. The molecule has 0 aromatic heterocycles. The third-order valence-corrected chi connectivity index (χ3v) is 3.81. The second kappa shape index (κ2) is 5.63. The van der Waals surface area contributed by atoms with Crippen LogP contribution in [0.4, 0.5) is 0 Å². The predicted octanol–water partition coefficient (Wildman–Crippen LogP) is 1.96. The molecule has 2 atom stereocenters. The monoisotopic (exact) mass is 308 g/mol. The number of hydrogen-bond acceptors (Lipinski definition) is 5. The van der Waals surface area contributed by atoms with Crippen molar-refractivity contribution in [1.82, 2.24) is 0 Å². The average molecular weight is 308 g/mol. The van der Waals surface area contributed by atoms with Crippen LogP contribution in [0.1, 0.15) is 0 Å². The van der Waals surface area contributed by atoms with Crippen molar-refractivity contribution in [2.24, 2.45) is 0 Å². The maximum Gasteiger partial charge on any atom is 0.264 e. The van der Waals surface area contributed by atoms with E-state index in [0.717, 1.165) is 17.0 Å².